The Morgan fingerprint density at radius 1 is 1.24 bits per heavy atom. The molecule has 6 nitrogen and oxygen atoms in total. The van der Waals surface area contributed by atoms with Crippen molar-refractivity contribution >= 4 is 22.6 Å². The van der Waals surface area contributed by atoms with Crippen LogP contribution in [-0.4, -0.2) is 29.5 Å². The third-order valence-corrected chi connectivity index (χ3v) is 2.69. The maximum Gasteiger partial charge on any atom is 0.186 e. The predicted molar refractivity (Wildman–Crippen MR) is 63.2 cm³/mol. The Hall–Kier alpha value is -1.95. The molecule has 0 atom stereocenters. The summed E-state index contributed by atoms with van der Waals surface area (Å²) in [7, 11) is 1.85. The van der Waals surface area contributed by atoms with E-state index in [0.29, 0.717) is 16.6 Å². The highest BCUT2D eigenvalue weighted by atomic mass is 35.5. The first kappa shape index (κ1) is 10.2. The van der Waals surface area contributed by atoms with Crippen LogP contribution < -0.4 is 0 Å². The Morgan fingerprint density at radius 2 is 2.06 bits per heavy atom. The quantitative estimate of drug-likeness (QED) is 0.613. The standard InChI is InChI=1S/C10H9ClN6/c1-6-13-9(11)8-5-17(15-10(8)14-6)7-3-12-16(2)4-7/h3-5H,1-2H3. The zero-order chi connectivity index (χ0) is 12.0. The molecule has 0 aliphatic rings. The molecule has 3 rings (SSSR count). The highest BCUT2D eigenvalue weighted by Crippen LogP contribution is 2.20. The summed E-state index contributed by atoms with van der Waals surface area (Å²) in [6.45, 7) is 1.79. The number of rotatable bonds is 1. The lowest BCUT2D eigenvalue weighted by atomic mass is 10.4. The van der Waals surface area contributed by atoms with Crippen molar-refractivity contribution in [2.45, 2.75) is 6.92 Å². The molecule has 0 aromatic carbocycles. The third-order valence-electron chi connectivity index (χ3n) is 2.40. The van der Waals surface area contributed by atoms with Gasteiger partial charge in [0.25, 0.3) is 0 Å². The van der Waals surface area contributed by atoms with Gasteiger partial charge in [0.05, 0.1) is 17.8 Å². The van der Waals surface area contributed by atoms with Gasteiger partial charge in [-0.15, -0.1) is 5.10 Å². The molecule has 0 unspecified atom stereocenters. The van der Waals surface area contributed by atoms with Crippen molar-refractivity contribution in [3.8, 4) is 5.69 Å². The van der Waals surface area contributed by atoms with Crippen LogP contribution in [-0.2, 0) is 7.05 Å². The molecule has 3 aromatic rings. The summed E-state index contributed by atoms with van der Waals surface area (Å²) in [6, 6.07) is 0. The van der Waals surface area contributed by atoms with E-state index in [2.05, 4.69) is 20.2 Å². The second-order valence-electron chi connectivity index (χ2n) is 3.74. The molecular formula is C10H9ClN6. The van der Waals surface area contributed by atoms with E-state index < -0.39 is 0 Å². The molecule has 0 aliphatic carbocycles. The Bertz CT molecular complexity index is 698. The minimum absolute atomic E-state index is 0.419. The molecule has 86 valence electrons. The smallest absolute Gasteiger partial charge is 0.186 e. The Balaban J connectivity index is 2.23. The molecule has 0 saturated heterocycles. The summed E-state index contributed by atoms with van der Waals surface area (Å²) in [6.07, 6.45) is 5.38. The summed E-state index contributed by atoms with van der Waals surface area (Å²) in [5.41, 5.74) is 1.45. The van der Waals surface area contributed by atoms with Gasteiger partial charge in [-0.25, -0.2) is 14.6 Å². The number of fused-ring (bicyclic) bond motifs is 1. The lowest BCUT2D eigenvalue weighted by Crippen LogP contribution is -1.93. The Morgan fingerprint density at radius 3 is 2.76 bits per heavy atom. The molecule has 0 bridgehead atoms. The van der Waals surface area contributed by atoms with Crippen LogP contribution in [0.15, 0.2) is 18.6 Å². The number of aryl methyl sites for hydroxylation is 2. The van der Waals surface area contributed by atoms with Gasteiger partial charge in [-0.05, 0) is 6.92 Å². The van der Waals surface area contributed by atoms with Crippen LogP contribution in [0.1, 0.15) is 5.82 Å². The van der Waals surface area contributed by atoms with Gasteiger partial charge >= 0.3 is 0 Å². The zero-order valence-electron chi connectivity index (χ0n) is 9.29. The molecule has 0 N–H and O–H groups in total. The fourth-order valence-electron chi connectivity index (χ4n) is 1.63. The van der Waals surface area contributed by atoms with Crippen LogP contribution in [0.3, 0.4) is 0 Å². The van der Waals surface area contributed by atoms with Gasteiger partial charge in [-0.2, -0.15) is 5.10 Å². The maximum absolute atomic E-state index is 6.04. The summed E-state index contributed by atoms with van der Waals surface area (Å²) in [5.74, 6) is 0.610. The molecule has 3 aromatic heterocycles. The molecule has 0 fully saturated rings. The molecule has 17 heavy (non-hydrogen) atoms. The summed E-state index contributed by atoms with van der Waals surface area (Å²) in [5, 5.41) is 9.59. The molecule has 7 heteroatoms. The van der Waals surface area contributed by atoms with Crippen molar-refractivity contribution in [3.63, 3.8) is 0 Å². The largest absolute Gasteiger partial charge is 0.274 e. The van der Waals surface area contributed by atoms with E-state index in [1.54, 1.807) is 28.7 Å². The van der Waals surface area contributed by atoms with Crippen molar-refractivity contribution in [1.29, 1.82) is 0 Å². The summed E-state index contributed by atoms with van der Waals surface area (Å²) < 4.78 is 3.40. The van der Waals surface area contributed by atoms with E-state index >= 15 is 0 Å². The van der Waals surface area contributed by atoms with E-state index in [1.165, 1.54) is 0 Å². The van der Waals surface area contributed by atoms with E-state index in [0.717, 1.165) is 11.1 Å². The number of hydrogen-bond donors (Lipinski definition) is 0. The summed E-state index contributed by atoms with van der Waals surface area (Å²) in [4.78, 5) is 8.33. The molecular weight excluding hydrogens is 240 g/mol. The first-order valence-corrected chi connectivity index (χ1v) is 5.40. The average Bonchev–Trinajstić information content (AvgIpc) is 2.83. The van der Waals surface area contributed by atoms with Gasteiger partial charge in [0, 0.05) is 13.2 Å². The predicted octanol–water partition coefficient (Wildman–Crippen LogP) is 1.51. The molecule has 0 aliphatic heterocycles. The zero-order valence-corrected chi connectivity index (χ0v) is 10.0. The molecule has 0 saturated carbocycles. The van der Waals surface area contributed by atoms with Crippen LogP contribution in [0, 0.1) is 6.92 Å². The van der Waals surface area contributed by atoms with Crippen molar-refractivity contribution in [1.82, 2.24) is 29.5 Å². The lowest BCUT2D eigenvalue weighted by molar-refractivity contribution is 0.766. The Labute approximate surface area is 102 Å². The second-order valence-corrected chi connectivity index (χ2v) is 4.10. The number of nitrogens with zero attached hydrogens (tertiary/aromatic N) is 6. The van der Waals surface area contributed by atoms with E-state index in [1.807, 2.05) is 13.2 Å². The highest BCUT2D eigenvalue weighted by Gasteiger charge is 2.10. The van der Waals surface area contributed by atoms with Gasteiger partial charge in [0.2, 0.25) is 0 Å². The Kier molecular flexibility index (Phi) is 2.12. The SMILES string of the molecule is Cc1nc(Cl)c2cn(-c3cnn(C)c3)nc2n1. The van der Waals surface area contributed by atoms with Crippen LogP contribution in [0.5, 0.6) is 0 Å². The third kappa shape index (κ3) is 1.66. The van der Waals surface area contributed by atoms with Gasteiger partial charge in [0.1, 0.15) is 16.7 Å². The van der Waals surface area contributed by atoms with Gasteiger partial charge in [-0.1, -0.05) is 11.6 Å². The fraction of sp³-hybridized carbons (Fsp3) is 0.200. The number of aromatic nitrogens is 6. The lowest BCUT2D eigenvalue weighted by Gasteiger charge is -1.92. The fourth-order valence-corrected chi connectivity index (χ4v) is 1.89. The highest BCUT2D eigenvalue weighted by molar-refractivity contribution is 6.33. The monoisotopic (exact) mass is 248 g/mol. The molecule has 3 heterocycles. The van der Waals surface area contributed by atoms with Crippen LogP contribution in [0.25, 0.3) is 16.7 Å². The maximum atomic E-state index is 6.04. The van der Waals surface area contributed by atoms with Crippen molar-refractivity contribution in [2.75, 3.05) is 0 Å². The van der Waals surface area contributed by atoms with E-state index in [9.17, 15) is 0 Å². The number of hydrogen-bond acceptors (Lipinski definition) is 4. The van der Waals surface area contributed by atoms with E-state index in [4.69, 9.17) is 11.6 Å². The van der Waals surface area contributed by atoms with Gasteiger partial charge in [-0.3, -0.25) is 4.68 Å². The van der Waals surface area contributed by atoms with E-state index in [-0.39, 0.29) is 0 Å². The van der Waals surface area contributed by atoms with Crippen molar-refractivity contribution in [2.24, 2.45) is 7.05 Å². The topological polar surface area (TPSA) is 61.4 Å². The molecule has 0 amide bonds. The average molecular weight is 249 g/mol. The van der Waals surface area contributed by atoms with Crippen molar-refractivity contribution in [3.05, 3.63) is 29.6 Å². The number of halogens is 1. The van der Waals surface area contributed by atoms with Gasteiger partial charge in [0.15, 0.2) is 5.65 Å². The van der Waals surface area contributed by atoms with Gasteiger partial charge < -0.3 is 0 Å². The van der Waals surface area contributed by atoms with Crippen molar-refractivity contribution < 1.29 is 0 Å². The minimum atomic E-state index is 0.419. The summed E-state index contributed by atoms with van der Waals surface area (Å²) >= 11 is 6.04. The van der Waals surface area contributed by atoms with Crippen LogP contribution in [0.2, 0.25) is 5.15 Å². The van der Waals surface area contributed by atoms with Crippen LogP contribution >= 0.6 is 11.6 Å². The molecule has 0 spiro atoms. The molecule has 0 radical (unpaired) electrons. The second kappa shape index (κ2) is 3.53. The normalized spacial score (nSPS) is 11.2. The first-order chi connectivity index (χ1) is 8.13. The minimum Gasteiger partial charge on any atom is -0.274 e. The first-order valence-electron chi connectivity index (χ1n) is 5.02. The van der Waals surface area contributed by atoms with Crippen LogP contribution in [0.4, 0.5) is 0 Å².